The van der Waals surface area contributed by atoms with Gasteiger partial charge in [0, 0.05) is 18.8 Å². The minimum atomic E-state index is 0.0988. The first kappa shape index (κ1) is 10.3. The van der Waals surface area contributed by atoms with Gasteiger partial charge in [-0.1, -0.05) is 13.8 Å². The molecule has 0 aliphatic carbocycles. The molecule has 0 spiro atoms. The Hall–Kier alpha value is -0.660. The van der Waals surface area contributed by atoms with E-state index in [0.717, 1.165) is 6.42 Å². The van der Waals surface area contributed by atoms with Crippen molar-refractivity contribution < 1.29 is 9.59 Å². The molecule has 1 unspecified atom stereocenters. The van der Waals surface area contributed by atoms with Crippen LogP contribution in [-0.4, -0.2) is 11.6 Å². The van der Waals surface area contributed by atoms with Gasteiger partial charge in [-0.15, -0.1) is 0 Å². The van der Waals surface area contributed by atoms with Crippen LogP contribution in [0.15, 0.2) is 0 Å². The Bertz CT molecular complexity index is 150. The van der Waals surface area contributed by atoms with E-state index >= 15 is 0 Å². The lowest BCUT2D eigenvalue weighted by atomic mass is 9.99. The predicted octanol–water partition coefficient (Wildman–Crippen LogP) is 1.97. The van der Waals surface area contributed by atoms with Gasteiger partial charge in [0.15, 0.2) is 0 Å². The SMILES string of the molecule is CCC(C)C(=O)CCC(C)=O. The summed E-state index contributed by atoms with van der Waals surface area (Å²) in [5, 5.41) is 0. The summed E-state index contributed by atoms with van der Waals surface area (Å²) in [6.45, 7) is 5.41. The van der Waals surface area contributed by atoms with E-state index in [1.807, 2.05) is 13.8 Å². The standard InChI is InChI=1S/C9H16O2/c1-4-7(2)9(11)6-5-8(3)10/h7H,4-6H2,1-3H3. The lowest BCUT2D eigenvalue weighted by Crippen LogP contribution is -2.10. The van der Waals surface area contributed by atoms with Crippen molar-refractivity contribution in [3.8, 4) is 0 Å². The maximum Gasteiger partial charge on any atom is 0.136 e. The Kier molecular flexibility index (Phi) is 4.75. The van der Waals surface area contributed by atoms with E-state index in [9.17, 15) is 9.59 Å². The molecule has 0 bridgehead atoms. The molecule has 0 N–H and O–H groups in total. The Balaban J connectivity index is 3.60. The van der Waals surface area contributed by atoms with Gasteiger partial charge in [0.1, 0.15) is 11.6 Å². The van der Waals surface area contributed by atoms with Crippen LogP contribution in [0, 0.1) is 5.92 Å². The second-order valence-corrected chi connectivity index (χ2v) is 2.98. The molecule has 0 amide bonds. The average molecular weight is 156 g/mol. The van der Waals surface area contributed by atoms with E-state index in [-0.39, 0.29) is 17.5 Å². The lowest BCUT2D eigenvalue weighted by molar-refractivity contribution is -0.125. The lowest BCUT2D eigenvalue weighted by Gasteiger charge is -2.04. The van der Waals surface area contributed by atoms with E-state index in [1.54, 1.807) is 0 Å². The van der Waals surface area contributed by atoms with Crippen LogP contribution in [0.25, 0.3) is 0 Å². The van der Waals surface area contributed by atoms with Crippen molar-refractivity contribution in [1.29, 1.82) is 0 Å². The third kappa shape index (κ3) is 4.71. The molecule has 0 aliphatic rings. The Morgan fingerprint density at radius 3 is 2.18 bits per heavy atom. The topological polar surface area (TPSA) is 34.1 Å². The summed E-state index contributed by atoms with van der Waals surface area (Å²) < 4.78 is 0. The number of carbonyl (C=O) groups excluding carboxylic acids is 2. The Morgan fingerprint density at radius 2 is 1.82 bits per heavy atom. The van der Waals surface area contributed by atoms with Crippen molar-refractivity contribution in [2.45, 2.75) is 40.0 Å². The van der Waals surface area contributed by atoms with Crippen molar-refractivity contribution >= 4 is 11.6 Å². The first-order chi connectivity index (χ1) is 5.07. The summed E-state index contributed by atoms with van der Waals surface area (Å²) in [5.74, 6) is 0.429. The largest absolute Gasteiger partial charge is 0.300 e. The van der Waals surface area contributed by atoms with Crippen molar-refractivity contribution in [2.75, 3.05) is 0 Å². The monoisotopic (exact) mass is 156 g/mol. The third-order valence-electron chi connectivity index (χ3n) is 1.89. The molecule has 0 radical (unpaired) electrons. The zero-order valence-electron chi connectivity index (χ0n) is 7.52. The smallest absolute Gasteiger partial charge is 0.136 e. The minimum Gasteiger partial charge on any atom is -0.300 e. The highest BCUT2D eigenvalue weighted by Gasteiger charge is 2.10. The van der Waals surface area contributed by atoms with Gasteiger partial charge in [-0.3, -0.25) is 4.79 Å². The molecule has 0 aliphatic heterocycles. The summed E-state index contributed by atoms with van der Waals surface area (Å²) in [6.07, 6.45) is 1.70. The van der Waals surface area contributed by atoms with E-state index in [4.69, 9.17) is 0 Å². The van der Waals surface area contributed by atoms with Crippen molar-refractivity contribution in [3.63, 3.8) is 0 Å². The summed E-state index contributed by atoms with van der Waals surface area (Å²) in [4.78, 5) is 21.6. The highest BCUT2D eigenvalue weighted by Crippen LogP contribution is 2.06. The maximum atomic E-state index is 11.1. The molecule has 0 rings (SSSR count). The van der Waals surface area contributed by atoms with Crippen molar-refractivity contribution in [3.05, 3.63) is 0 Å². The first-order valence-corrected chi connectivity index (χ1v) is 4.10. The molecule has 2 heteroatoms. The van der Waals surface area contributed by atoms with E-state index in [1.165, 1.54) is 6.92 Å². The normalized spacial score (nSPS) is 12.6. The highest BCUT2D eigenvalue weighted by atomic mass is 16.1. The summed E-state index contributed by atoms with van der Waals surface area (Å²) in [7, 11) is 0. The third-order valence-corrected chi connectivity index (χ3v) is 1.89. The molecule has 0 aromatic carbocycles. The average Bonchev–Trinajstić information content (AvgIpc) is 1.98. The van der Waals surface area contributed by atoms with Crippen LogP contribution < -0.4 is 0 Å². The molecule has 0 aromatic heterocycles. The molecule has 0 aromatic rings. The second kappa shape index (κ2) is 5.05. The van der Waals surface area contributed by atoms with Crippen LogP contribution in [0.2, 0.25) is 0 Å². The molecule has 11 heavy (non-hydrogen) atoms. The van der Waals surface area contributed by atoms with Crippen molar-refractivity contribution in [2.24, 2.45) is 5.92 Å². The van der Waals surface area contributed by atoms with Crippen LogP contribution in [0.1, 0.15) is 40.0 Å². The Morgan fingerprint density at radius 1 is 1.27 bits per heavy atom. The number of rotatable bonds is 5. The fraction of sp³-hybridized carbons (Fsp3) is 0.778. The van der Waals surface area contributed by atoms with Crippen LogP contribution in [0.5, 0.6) is 0 Å². The van der Waals surface area contributed by atoms with Gasteiger partial charge >= 0.3 is 0 Å². The van der Waals surface area contributed by atoms with Gasteiger partial charge < -0.3 is 4.79 Å². The summed E-state index contributed by atoms with van der Waals surface area (Å²) >= 11 is 0. The van der Waals surface area contributed by atoms with Crippen LogP contribution in [0.3, 0.4) is 0 Å². The molecule has 0 saturated heterocycles. The molecular weight excluding hydrogens is 140 g/mol. The molecule has 0 fully saturated rings. The first-order valence-electron chi connectivity index (χ1n) is 4.10. The quantitative estimate of drug-likeness (QED) is 0.609. The van der Waals surface area contributed by atoms with E-state index in [0.29, 0.717) is 12.8 Å². The molecule has 0 saturated carbocycles. The van der Waals surface area contributed by atoms with Crippen LogP contribution in [-0.2, 0) is 9.59 Å². The maximum absolute atomic E-state index is 11.1. The van der Waals surface area contributed by atoms with E-state index in [2.05, 4.69) is 0 Å². The zero-order chi connectivity index (χ0) is 8.85. The number of Topliss-reactive ketones (excluding diaryl/α,β-unsaturated/α-hetero) is 2. The van der Waals surface area contributed by atoms with Gasteiger partial charge in [-0.05, 0) is 13.3 Å². The second-order valence-electron chi connectivity index (χ2n) is 2.98. The molecule has 1 atom stereocenters. The fourth-order valence-electron chi connectivity index (χ4n) is 0.773. The highest BCUT2D eigenvalue weighted by molar-refractivity contribution is 5.85. The van der Waals surface area contributed by atoms with Gasteiger partial charge in [0.05, 0.1) is 0 Å². The van der Waals surface area contributed by atoms with E-state index < -0.39 is 0 Å². The number of hydrogen-bond donors (Lipinski definition) is 0. The zero-order valence-corrected chi connectivity index (χ0v) is 7.52. The number of carbonyl (C=O) groups is 2. The number of hydrogen-bond acceptors (Lipinski definition) is 2. The molecule has 64 valence electrons. The molecule has 0 heterocycles. The van der Waals surface area contributed by atoms with Crippen LogP contribution >= 0.6 is 0 Å². The Labute approximate surface area is 68.0 Å². The van der Waals surface area contributed by atoms with Crippen molar-refractivity contribution in [1.82, 2.24) is 0 Å². The minimum absolute atomic E-state index is 0.0988. The van der Waals surface area contributed by atoms with Gasteiger partial charge in [-0.25, -0.2) is 0 Å². The summed E-state index contributed by atoms with van der Waals surface area (Å²) in [5.41, 5.74) is 0. The number of ketones is 2. The van der Waals surface area contributed by atoms with Crippen LogP contribution in [0.4, 0.5) is 0 Å². The van der Waals surface area contributed by atoms with Gasteiger partial charge in [0.2, 0.25) is 0 Å². The molecule has 2 nitrogen and oxygen atoms in total. The fourth-order valence-corrected chi connectivity index (χ4v) is 0.773. The summed E-state index contributed by atoms with van der Waals surface area (Å²) in [6, 6.07) is 0. The predicted molar refractivity (Wildman–Crippen MR) is 44.4 cm³/mol. The van der Waals surface area contributed by atoms with Gasteiger partial charge in [0.25, 0.3) is 0 Å². The molecular formula is C9H16O2. The van der Waals surface area contributed by atoms with Gasteiger partial charge in [-0.2, -0.15) is 0 Å².